The molecule has 0 unspecified atom stereocenters. The van der Waals surface area contributed by atoms with Gasteiger partial charge in [-0.3, -0.25) is 4.79 Å². The summed E-state index contributed by atoms with van der Waals surface area (Å²) in [5.74, 6) is 0.0662. The second kappa shape index (κ2) is 7.11. The molecule has 24 heavy (non-hydrogen) atoms. The Bertz CT molecular complexity index is 585. The molecule has 1 N–H and O–H groups in total. The van der Waals surface area contributed by atoms with E-state index in [2.05, 4.69) is 5.32 Å². The molecule has 0 bridgehead atoms. The molecule has 0 radical (unpaired) electrons. The highest BCUT2D eigenvalue weighted by atomic mass is 19.4. The van der Waals surface area contributed by atoms with Gasteiger partial charge in [0.1, 0.15) is 0 Å². The molecular formula is C17H21F3N2O2. The fraction of sp³-hybridized carbons (Fsp3) is 0.588. The molecular weight excluding hydrogens is 321 g/mol. The van der Waals surface area contributed by atoms with E-state index in [4.69, 9.17) is 4.74 Å². The van der Waals surface area contributed by atoms with Crippen LogP contribution in [-0.4, -0.2) is 43.2 Å². The highest BCUT2D eigenvalue weighted by Crippen LogP contribution is 2.31. The maximum absolute atomic E-state index is 13.0. The van der Waals surface area contributed by atoms with E-state index in [1.165, 1.54) is 12.1 Å². The predicted octanol–water partition coefficient (Wildman–Crippen LogP) is 2.75. The molecule has 132 valence electrons. The van der Waals surface area contributed by atoms with Crippen molar-refractivity contribution in [1.29, 1.82) is 0 Å². The molecule has 4 nitrogen and oxygen atoms in total. The molecule has 1 aromatic rings. The van der Waals surface area contributed by atoms with Crippen molar-refractivity contribution in [3.63, 3.8) is 0 Å². The molecule has 2 fully saturated rings. The smallest absolute Gasteiger partial charge is 0.380 e. The van der Waals surface area contributed by atoms with Crippen LogP contribution in [0.5, 0.6) is 0 Å². The van der Waals surface area contributed by atoms with Gasteiger partial charge in [0.25, 0.3) is 0 Å². The maximum atomic E-state index is 13.0. The number of rotatable bonds is 5. The number of halogens is 3. The number of benzene rings is 1. The average Bonchev–Trinajstić information content (AvgIpc) is 3.18. The van der Waals surface area contributed by atoms with Crippen LogP contribution in [0.1, 0.15) is 36.4 Å². The lowest BCUT2D eigenvalue weighted by Gasteiger charge is -2.28. The van der Waals surface area contributed by atoms with Gasteiger partial charge in [-0.1, -0.05) is 12.1 Å². The van der Waals surface area contributed by atoms with Crippen molar-refractivity contribution in [2.75, 3.05) is 26.3 Å². The third-order valence-electron chi connectivity index (χ3n) is 4.56. The first-order chi connectivity index (χ1) is 11.4. The highest BCUT2D eigenvalue weighted by Gasteiger charge is 2.32. The van der Waals surface area contributed by atoms with E-state index in [0.29, 0.717) is 38.3 Å². The molecule has 2 aliphatic rings. The summed E-state index contributed by atoms with van der Waals surface area (Å²) in [6.45, 7) is 2.24. The van der Waals surface area contributed by atoms with Crippen LogP contribution in [0.25, 0.3) is 0 Å². The SMILES string of the molecule is O=C1CCCN1C[C@@H](N[C@@H]1CCOC1)c1cccc(C(F)(F)F)c1. The van der Waals surface area contributed by atoms with Crippen molar-refractivity contribution >= 4 is 5.91 Å². The van der Waals surface area contributed by atoms with E-state index in [9.17, 15) is 18.0 Å². The van der Waals surface area contributed by atoms with Crippen LogP contribution in [0, 0.1) is 0 Å². The molecule has 0 aromatic heterocycles. The molecule has 2 atom stereocenters. The first-order valence-corrected chi connectivity index (χ1v) is 8.22. The van der Waals surface area contributed by atoms with Crippen LogP contribution in [0.15, 0.2) is 24.3 Å². The van der Waals surface area contributed by atoms with Crippen LogP contribution in [-0.2, 0) is 15.7 Å². The van der Waals surface area contributed by atoms with E-state index >= 15 is 0 Å². The maximum Gasteiger partial charge on any atom is 0.416 e. The van der Waals surface area contributed by atoms with Crippen LogP contribution in [0.4, 0.5) is 13.2 Å². The second-order valence-electron chi connectivity index (χ2n) is 6.35. The standard InChI is InChI=1S/C17H21F3N2O2/c18-17(19,20)13-4-1-3-12(9-13)15(21-14-6-8-24-11-14)10-22-7-2-5-16(22)23/h1,3-4,9,14-15,21H,2,5-8,10-11H2/t14-,15-/m1/s1. The molecule has 2 saturated heterocycles. The van der Waals surface area contributed by atoms with Crippen molar-refractivity contribution in [2.24, 2.45) is 0 Å². The summed E-state index contributed by atoms with van der Waals surface area (Å²) in [6.07, 6.45) is -2.23. The minimum Gasteiger partial charge on any atom is -0.380 e. The Hall–Kier alpha value is -1.60. The Morgan fingerprint density at radius 3 is 2.83 bits per heavy atom. The molecule has 1 amide bonds. The summed E-state index contributed by atoms with van der Waals surface area (Å²) in [5, 5.41) is 3.37. The summed E-state index contributed by atoms with van der Waals surface area (Å²) in [5.41, 5.74) is -0.112. The average molecular weight is 342 g/mol. The summed E-state index contributed by atoms with van der Waals surface area (Å²) < 4.78 is 44.3. The summed E-state index contributed by atoms with van der Waals surface area (Å²) in [7, 11) is 0. The van der Waals surface area contributed by atoms with Gasteiger partial charge in [0.15, 0.2) is 0 Å². The van der Waals surface area contributed by atoms with Crippen LogP contribution < -0.4 is 5.32 Å². The van der Waals surface area contributed by atoms with Crippen LogP contribution in [0.3, 0.4) is 0 Å². The Morgan fingerprint density at radius 1 is 1.38 bits per heavy atom. The number of hydrogen-bond acceptors (Lipinski definition) is 3. The van der Waals surface area contributed by atoms with Gasteiger partial charge in [-0.15, -0.1) is 0 Å². The quantitative estimate of drug-likeness (QED) is 0.895. The van der Waals surface area contributed by atoms with Crippen molar-refractivity contribution in [3.05, 3.63) is 35.4 Å². The largest absolute Gasteiger partial charge is 0.416 e. The van der Waals surface area contributed by atoms with Gasteiger partial charge >= 0.3 is 6.18 Å². The predicted molar refractivity (Wildman–Crippen MR) is 82.4 cm³/mol. The van der Waals surface area contributed by atoms with Crippen LogP contribution in [0.2, 0.25) is 0 Å². The van der Waals surface area contributed by atoms with Gasteiger partial charge in [-0.05, 0) is 30.5 Å². The van der Waals surface area contributed by atoms with Crippen molar-refractivity contribution in [2.45, 2.75) is 37.5 Å². The normalized spacial score (nSPS) is 23.0. The van der Waals surface area contributed by atoms with E-state index in [1.807, 2.05) is 0 Å². The van der Waals surface area contributed by atoms with Gasteiger partial charge in [-0.25, -0.2) is 0 Å². The molecule has 0 saturated carbocycles. The number of likely N-dealkylation sites (tertiary alicyclic amines) is 1. The Labute approximate surface area is 139 Å². The number of nitrogens with zero attached hydrogens (tertiary/aromatic N) is 1. The lowest BCUT2D eigenvalue weighted by Crippen LogP contribution is -2.40. The molecule has 3 rings (SSSR count). The summed E-state index contributed by atoms with van der Waals surface area (Å²) >= 11 is 0. The van der Waals surface area contributed by atoms with E-state index in [1.54, 1.807) is 11.0 Å². The van der Waals surface area contributed by atoms with E-state index in [0.717, 1.165) is 18.9 Å². The van der Waals surface area contributed by atoms with Gasteiger partial charge in [-0.2, -0.15) is 13.2 Å². The highest BCUT2D eigenvalue weighted by molar-refractivity contribution is 5.78. The van der Waals surface area contributed by atoms with E-state index < -0.39 is 11.7 Å². The molecule has 0 aliphatic carbocycles. The number of carbonyl (C=O) groups excluding carboxylic acids is 1. The third-order valence-corrected chi connectivity index (χ3v) is 4.56. The Morgan fingerprint density at radius 2 is 2.21 bits per heavy atom. The fourth-order valence-corrected chi connectivity index (χ4v) is 3.25. The van der Waals surface area contributed by atoms with Gasteiger partial charge < -0.3 is 15.0 Å². The fourth-order valence-electron chi connectivity index (χ4n) is 3.25. The molecule has 2 aliphatic heterocycles. The second-order valence-corrected chi connectivity index (χ2v) is 6.35. The van der Waals surface area contributed by atoms with Gasteiger partial charge in [0.05, 0.1) is 18.2 Å². The first-order valence-electron chi connectivity index (χ1n) is 8.22. The zero-order chi connectivity index (χ0) is 17.2. The molecule has 0 spiro atoms. The van der Waals surface area contributed by atoms with E-state index in [-0.39, 0.29) is 18.0 Å². The molecule has 7 heteroatoms. The number of amides is 1. The molecule has 2 heterocycles. The summed E-state index contributed by atoms with van der Waals surface area (Å²) in [4.78, 5) is 13.6. The molecule has 1 aromatic carbocycles. The van der Waals surface area contributed by atoms with Gasteiger partial charge in [0.2, 0.25) is 5.91 Å². The number of hydrogen-bond donors (Lipinski definition) is 1. The summed E-state index contributed by atoms with van der Waals surface area (Å²) in [6, 6.07) is 5.12. The minimum atomic E-state index is -4.37. The number of carbonyl (C=O) groups is 1. The van der Waals surface area contributed by atoms with Crippen molar-refractivity contribution in [1.82, 2.24) is 10.2 Å². The van der Waals surface area contributed by atoms with Crippen molar-refractivity contribution < 1.29 is 22.7 Å². The monoisotopic (exact) mass is 342 g/mol. The lowest BCUT2D eigenvalue weighted by atomic mass is 10.0. The zero-order valence-corrected chi connectivity index (χ0v) is 13.3. The first kappa shape index (κ1) is 17.2. The van der Waals surface area contributed by atoms with Crippen LogP contribution >= 0.6 is 0 Å². The lowest BCUT2D eigenvalue weighted by molar-refractivity contribution is -0.137. The topological polar surface area (TPSA) is 41.6 Å². The zero-order valence-electron chi connectivity index (χ0n) is 13.3. The number of alkyl halides is 3. The Kier molecular flexibility index (Phi) is 5.10. The minimum absolute atomic E-state index is 0.0662. The number of ether oxygens (including phenoxy) is 1. The van der Waals surface area contributed by atoms with Crippen molar-refractivity contribution in [3.8, 4) is 0 Å². The number of nitrogens with one attached hydrogen (secondary N) is 1. The third kappa shape index (κ3) is 4.08. The Balaban J connectivity index is 1.81. The van der Waals surface area contributed by atoms with Gasteiger partial charge in [0, 0.05) is 32.2 Å².